The van der Waals surface area contributed by atoms with Crippen LogP contribution in [0.4, 0.5) is 11.6 Å². The minimum Gasteiger partial charge on any atom is -0.396 e. The van der Waals surface area contributed by atoms with Crippen LogP contribution in [-0.2, 0) is 0 Å². The zero-order chi connectivity index (χ0) is 9.84. The maximum atomic E-state index is 5.46. The molecule has 0 aromatic carbocycles. The van der Waals surface area contributed by atoms with Gasteiger partial charge in [0.05, 0.1) is 18.1 Å². The monoisotopic (exact) mass is 180 g/mol. The van der Waals surface area contributed by atoms with Crippen molar-refractivity contribution in [2.45, 2.75) is 26.8 Å². The molecular formula is C9H16N4. The third kappa shape index (κ3) is 2.89. The number of nitrogens with zero attached hydrogens (tertiary/aromatic N) is 2. The quantitative estimate of drug-likeness (QED) is 0.740. The third-order valence-electron chi connectivity index (χ3n) is 2.03. The molecule has 1 aromatic rings. The smallest absolute Gasteiger partial charge is 0.222 e. The highest BCUT2D eigenvalue weighted by Gasteiger charge is 2.07. The summed E-state index contributed by atoms with van der Waals surface area (Å²) < 4.78 is 0. The van der Waals surface area contributed by atoms with E-state index in [-0.39, 0.29) is 0 Å². The zero-order valence-electron chi connectivity index (χ0n) is 8.28. The molecule has 72 valence electrons. The second-order valence-corrected chi connectivity index (χ2v) is 3.52. The maximum Gasteiger partial charge on any atom is 0.222 e. The fourth-order valence-corrected chi connectivity index (χ4v) is 0.783. The van der Waals surface area contributed by atoms with Crippen LogP contribution < -0.4 is 11.1 Å². The number of nitrogens with two attached hydrogens (primary N) is 1. The molecule has 0 aliphatic carbocycles. The van der Waals surface area contributed by atoms with Gasteiger partial charge in [0.2, 0.25) is 5.95 Å². The van der Waals surface area contributed by atoms with Gasteiger partial charge < -0.3 is 11.1 Å². The molecule has 1 unspecified atom stereocenters. The zero-order valence-corrected chi connectivity index (χ0v) is 8.28. The maximum absolute atomic E-state index is 5.46. The fraction of sp³-hybridized carbons (Fsp3) is 0.556. The lowest BCUT2D eigenvalue weighted by Gasteiger charge is -2.16. The van der Waals surface area contributed by atoms with Gasteiger partial charge in [-0.25, -0.2) is 9.97 Å². The van der Waals surface area contributed by atoms with Crippen LogP contribution >= 0.6 is 0 Å². The highest BCUT2D eigenvalue weighted by atomic mass is 15.1. The van der Waals surface area contributed by atoms with E-state index in [1.807, 2.05) is 0 Å². The van der Waals surface area contributed by atoms with Crippen LogP contribution in [0.15, 0.2) is 12.4 Å². The minimum absolute atomic E-state index is 0.364. The van der Waals surface area contributed by atoms with Gasteiger partial charge in [-0.15, -0.1) is 0 Å². The summed E-state index contributed by atoms with van der Waals surface area (Å²) in [6.45, 7) is 6.40. The fourth-order valence-electron chi connectivity index (χ4n) is 0.783. The van der Waals surface area contributed by atoms with Gasteiger partial charge >= 0.3 is 0 Å². The van der Waals surface area contributed by atoms with Crippen molar-refractivity contribution in [1.29, 1.82) is 0 Å². The first-order chi connectivity index (χ1) is 6.09. The van der Waals surface area contributed by atoms with Crippen molar-refractivity contribution < 1.29 is 0 Å². The van der Waals surface area contributed by atoms with Crippen molar-refractivity contribution in [1.82, 2.24) is 9.97 Å². The summed E-state index contributed by atoms with van der Waals surface area (Å²) in [6.07, 6.45) is 3.20. The van der Waals surface area contributed by atoms with Crippen LogP contribution in [0.25, 0.3) is 0 Å². The Labute approximate surface area is 78.6 Å². The van der Waals surface area contributed by atoms with Gasteiger partial charge in [0.15, 0.2) is 0 Å². The predicted octanol–water partition coefficient (Wildman–Crippen LogP) is 1.52. The van der Waals surface area contributed by atoms with E-state index in [9.17, 15) is 0 Å². The Hall–Kier alpha value is -1.32. The summed E-state index contributed by atoms with van der Waals surface area (Å²) in [7, 11) is 0. The summed E-state index contributed by atoms with van der Waals surface area (Å²) in [6, 6.07) is 0.364. The second kappa shape index (κ2) is 4.07. The van der Waals surface area contributed by atoms with Crippen LogP contribution in [0.5, 0.6) is 0 Å². The van der Waals surface area contributed by atoms with Crippen LogP contribution in [0.3, 0.4) is 0 Å². The predicted molar refractivity (Wildman–Crippen MR) is 54.4 cm³/mol. The molecule has 0 spiro atoms. The molecule has 3 N–H and O–H groups in total. The molecule has 0 fully saturated rings. The molecule has 0 aliphatic heterocycles. The summed E-state index contributed by atoms with van der Waals surface area (Å²) in [4.78, 5) is 8.11. The molecule has 0 radical (unpaired) electrons. The Morgan fingerprint density at radius 3 is 2.23 bits per heavy atom. The lowest BCUT2D eigenvalue weighted by molar-refractivity contribution is 0.556. The Balaban J connectivity index is 2.59. The van der Waals surface area contributed by atoms with E-state index in [4.69, 9.17) is 5.73 Å². The molecule has 0 amide bonds. The number of nitrogen functional groups attached to an aromatic ring is 1. The summed E-state index contributed by atoms with van der Waals surface area (Å²) in [5, 5.41) is 3.19. The molecule has 0 aliphatic rings. The van der Waals surface area contributed by atoms with E-state index in [2.05, 4.69) is 36.1 Å². The van der Waals surface area contributed by atoms with E-state index >= 15 is 0 Å². The Bertz CT molecular complexity index is 255. The summed E-state index contributed by atoms with van der Waals surface area (Å²) in [5.74, 6) is 1.19. The van der Waals surface area contributed by atoms with Gasteiger partial charge in [-0.1, -0.05) is 13.8 Å². The number of anilines is 2. The average Bonchev–Trinajstić information content (AvgIpc) is 2.08. The number of rotatable bonds is 3. The Morgan fingerprint density at radius 2 is 1.77 bits per heavy atom. The first-order valence-electron chi connectivity index (χ1n) is 4.43. The average molecular weight is 180 g/mol. The van der Waals surface area contributed by atoms with E-state index in [1.54, 1.807) is 12.4 Å². The largest absolute Gasteiger partial charge is 0.396 e. The lowest BCUT2D eigenvalue weighted by atomic mass is 10.1. The molecule has 1 rings (SSSR count). The van der Waals surface area contributed by atoms with Gasteiger partial charge in [-0.05, 0) is 12.8 Å². The molecular weight excluding hydrogens is 164 g/mol. The highest BCUT2D eigenvalue weighted by Crippen LogP contribution is 2.07. The molecule has 1 heterocycles. The van der Waals surface area contributed by atoms with E-state index in [0.29, 0.717) is 23.6 Å². The summed E-state index contributed by atoms with van der Waals surface area (Å²) >= 11 is 0. The molecule has 4 heteroatoms. The number of hydrogen-bond acceptors (Lipinski definition) is 4. The molecule has 1 atom stereocenters. The molecule has 0 bridgehead atoms. The molecule has 1 aromatic heterocycles. The van der Waals surface area contributed by atoms with Crippen molar-refractivity contribution >= 4 is 11.6 Å². The van der Waals surface area contributed by atoms with Gasteiger partial charge in [0, 0.05) is 6.04 Å². The van der Waals surface area contributed by atoms with Gasteiger partial charge in [-0.3, -0.25) is 0 Å². The summed E-state index contributed by atoms with van der Waals surface area (Å²) in [5.41, 5.74) is 6.05. The van der Waals surface area contributed by atoms with Crippen molar-refractivity contribution in [3.05, 3.63) is 12.4 Å². The SMILES string of the molecule is CC(C)C(C)Nc1ncc(N)cn1. The Kier molecular flexibility index (Phi) is 3.06. The molecule has 13 heavy (non-hydrogen) atoms. The van der Waals surface area contributed by atoms with Gasteiger partial charge in [0.25, 0.3) is 0 Å². The van der Waals surface area contributed by atoms with Gasteiger partial charge in [0.1, 0.15) is 0 Å². The normalized spacial score (nSPS) is 12.9. The minimum atomic E-state index is 0.364. The lowest BCUT2D eigenvalue weighted by Crippen LogP contribution is -2.22. The molecule has 0 saturated heterocycles. The van der Waals surface area contributed by atoms with Crippen molar-refractivity contribution in [2.24, 2.45) is 5.92 Å². The van der Waals surface area contributed by atoms with E-state index < -0.39 is 0 Å². The van der Waals surface area contributed by atoms with E-state index in [0.717, 1.165) is 0 Å². The molecule has 4 nitrogen and oxygen atoms in total. The van der Waals surface area contributed by atoms with Crippen LogP contribution in [0.1, 0.15) is 20.8 Å². The first-order valence-corrected chi connectivity index (χ1v) is 4.43. The van der Waals surface area contributed by atoms with Gasteiger partial charge in [-0.2, -0.15) is 0 Å². The van der Waals surface area contributed by atoms with Crippen molar-refractivity contribution in [3.63, 3.8) is 0 Å². The number of aromatic nitrogens is 2. The third-order valence-corrected chi connectivity index (χ3v) is 2.03. The molecule has 0 saturated carbocycles. The van der Waals surface area contributed by atoms with Crippen LogP contribution in [-0.4, -0.2) is 16.0 Å². The first kappa shape index (κ1) is 9.77. The highest BCUT2D eigenvalue weighted by molar-refractivity contribution is 5.36. The second-order valence-electron chi connectivity index (χ2n) is 3.52. The Morgan fingerprint density at radius 1 is 1.23 bits per heavy atom. The van der Waals surface area contributed by atoms with Crippen LogP contribution in [0, 0.1) is 5.92 Å². The van der Waals surface area contributed by atoms with Crippen LogP contribution in [0.2, 0.25) is 0 Å². The number of nitrogens with one attached hydrogen (secondary N) is 1. The standard InChI is InChI=1S/C9H16N4/c1-6(2)7(3)13-9-11-4-8(10)5-12-9/h4-7H,10H2,1-3H3,(H,11,12,13). The van der Waals surface area contributed by atoms with Crippen molar-refractivity contribution in [3.8, 4) is 0 Å². The van der Waals surface area contributed by atoms with Crippen molar-refractivity contribution in [2.75, 3.05) is 11.1 Å². The van der Waals surface area contributed by atoms with E-state index in [1.165, 1.54) is 0 Å². The topological polar surface area (TPSA) is 63.8 Å². The number of hydrogen-bond donors (Lipinski definition) is 2.